The predicted molar refractivity (Wildman–Crippen MR) is 141 cm³/mol. The Morgan fingerprint density at radius 3 is 2.34 bits per heavy atom. The zero-order valence-electron chi connectivity index (χ0n) is 19.3. The molecule has 5 aromatic carbocycles. The summed E-state index contributed by atoms with van der Waals surface area (Å²) in [6, 6.07) is 27.4. The van der Waals surface area contributed by atoms with E-state index in [9.17, 15) is 0 Å². The fourth-order valence-corrected chi connectivity index (χ4v) is 6.11. The van der Waals surface area contributed by atoms with Crippen LogP contribution in [0.2, 0.25) is 0 Å². The van der Waals surface area contributed by atoms with Crippen molar-refractivity contribution < 1.29 is 0 Å². The third-order valence-corrected chi connectivity index (χ3v) is 7.37. The molecule has 0 heteroatoms. The first-order valence-corrected chi connectivity index (χ1v) is 11.9. The molecule has 0 unspecified atom stereocenters. The van der Waals surface area contributed by atoms with E-state index in [1.807, 2.05) is 13.8 Å². The van der Waals surface area contributed by atoms with E-state index >= 15 is 0 Å². The second-order valence-corrected chi connectivity index (χ2v) is 9.34. The molecule has 5 aromatic rings. The number of hydrogen-bond donors (Lipinski definition) is 0. The number of allylic oxidation sites excluding steroid dienone is 1. The first-order chi connectivity index (χ1) is 15.6. The van der Waals surface area contributed by atoms with Crippen molar-refractivity contribution in [3.63, 3.8) is 0 Å². The third kappa shape index (κ3) is 2.38. The molecule has 0 atom stereocenters. The van der Waals surface area contributed by atoms with Crippen molar-refractivity contribution in [3.05, 3.63) is 101 Å². The first kappa shape index (κ1) is 19.3. The molecule has 0 heterocycles. The molecule has 0 fully saturated rings. The van der Waals surface area contributed by atoms with Crippen LogP contribution in [-0.2, 0) is 11.8 Å². The lowest BCUT2D eigenvalue weighted by atomic mass is 9.65. The van der Waals surface area contributed by atoms with Gasteiger partial charge in [0.05, 0.1) is 0 Å². The normalized spacial score (nSPS) is 14.9. The Balaban J connectivity index is 0.000000953. The van der Waals surface area contributed by atoms with E-state index in [1.165, 1.54) is 65.7 Å². The van der Waals surface area contributed by atoms with Gasteiger partial charge in [0.25, 0.3) is 0 Å². The van der Waals surface area contributed by atoms with Crippen LogP contribution in [0.5, 0.6) is 0 Å². The van der Waals surface area contributed by atoms with Crippen molar-refractivity contribution in [1.29, 1.82) is 0 Å². The molecule has 0 spiro atoms. The fraction of sp³-hybridized carbons (Fsp3) is 0.188. The molecule has 0 saturated heterocycles. The van der Waals surface area contributed by atoms with Crippen LogP contribution in [0.4, 0.5) is 0 Å². The lowest BCUT2D eigenvalue weighted by Gasteiger charge is -2.38. The highest BCUT2D eigenvalue weighted by Gasteiger charge is 2.36. The van der Waals surface area contributed by atoms with Gasteiger partial charge in [0.2, 0.25) is 0 Å². The molecule has 32 heavy (non-hydrogen) atoms. The standard InChI is InChI=1S/C30H22.C2H6/c1-30(2)25-17-21-11-5-9-18-10-6-14-23(26(18)21)28(25)24-15-7-12-20-16-19-8-3-4-13-22(19)29(30)27(20)24;1-2/h3-10,12-17H,11H2,1-2H3;1-2H3. The second kappa shape index (κ2) is 6.81. The maximum atomic E-state index is 2.51. The van der Waals surface area contributed by atoms with Crippen LogP contribution < -0.4 is 0 Å². The van der Waals surface area contributed by atoms with Gasteiger partial charge < -0.3 is 0 Å². The average Bonchev–Trinajstić information content (AvgIpc) is 2.83. The molecule has 0 nitrogen and oxygen atoms in total. The Kier molecular flexibility index (Phi) is 4.11. The Bertz CT molecular complexity index is 1580. The van der Waals surface area contributed by atoms with Crippen LogP contribution in [0.1, 0.15) is 49.9 Å². The summed E-state index contributed by atoms with van der Waals surface area (Å²) in [6.07, 6.45) is 5.62. The molecular formula is C32H28. The fourth-order valence-electron chi connectivity index (χ4n) is 6.11. The number of fused-ring (bicyclic) bond motifs is 5. The van der Waals surface area contributed by atoms with E-state index in [4.69, 9.17) is 0 Å². The van der Waals surface area contributed by atoms with E-state index in [0.717, 1.165) is 6.42 Å². The molecule has 0 saturated carbocycles. The molecule has 0 aliphatic heterocycles. The van der Waals surface area contributed by atoms with Gasteiger partial charge in [-0.15, -0.1) is 0 Å². The summed E-state index contributed by atoms with van der Waals surface area (Å²) in [5, 5.41) is 8.34. The molecule has 2 aliphatic rings. The minimum absolute atomic E-state index is 0.0648. The zero-order valence-corrected chi connectivity index (χ0v) is 19.3. The van der Waals surface area contributed by atoms with Crippen LogP contribution in [0.15, 0.2) is 78.9 Å². The van der Waals surface area contributed by atoms with Gasteiger partial charge in [-0.3, -0.25) is 0 Å². The molecule has 2 aliphatic carbocycles. The van der Waals surface area contributed by atoms with Crippen LogP contribution in [0.3, 0.4) is 0 Å². The van der Waals surface area contributed by atoms with E-state index < -0.39 is 0 Å². The lowest BCUT2D eigenvalue weighted by Crippen LogP contribution is -2.25. The van der Waals surface area contributed by atoms with Gasteiger partial charge >= 0.3 is 0 Å². The lowest BCUT2D eigenvalue weighted by molar-refractivity contribution is 0.651. The van der Waals surface area contributed by atoms with E-state index in [-0.39, 0.29) is 5.41 Å². The molecule has 0 N–H and O–H groups in total. The van der Waals surface area contributed by atoms with E-state index in [1.54, 1.807) is 0 Å². The molecule has 0 aromatic heterocycles. The summed E-state index contributed by atoms with van der Waals surface area (Å²) < 4.78 is 0. The van der Waals surface area contributed by atoms with Crippen LogP contribution in [-0.4, -0.2) is 0 Å². The largest absolute Gasteiger partial charge is 0.0795 e. The highest BCUT2D eigenvalue weighted by Crippen LogP contribution is 2.54. The Morgan fingerprint density at radius 1 is 0.719 bits per heavy atom. The smallest absolute Gasteiger partial charge is 0.0165 e. The predicted octanol–water partition coefficient (Wildman–Crippen LogP) is 9.05. The molecule has 0 radical (unpaired) electrons. The zero-order chi connectivity index (χ0) is 22.0. The van der Waals surface area contributed by atoms with Crippen molar-refractivity contribution in [2.75, 3.05) is 0 Å². The monoisotopic (exact) mass is 412 g/mol. The van der Waals surface area contributed by atoms with Crippen LogP contribution >= 0.6 is 0 Å². The average molecular weight is 413 g/mol. The van der Waals surface area contributed by atoms with Crippen molar-refractivity contribution in [1.82, 2.24) is 0 Å². The van der Waals surface area contributed by atoms with Crippen molar-refractivity contribution >= 4 is 38.4 Å². The SMILES string of the molecule is CC.CC1(C)c2cc3c4c(cccc4c2-c2cccc4cc5ccccc5c1c24)C=CC3. The van der Waals surface area contributed by atoms with Gasteiger partial charge in [0, 0.05) is 5.41 Å². The Morgan fingerprint density at radius 2 is 1.47 bits per heavy atom. The van der Waals surface area contributed by atoms with E-state index in [2.05, 4.69) is 98.8 Å². The molecule has 0 bridgehead atoms. The molecule has 156 valence electrons. The summed E-state index contributed by atoms with van der Waals surface area (Å²) in [5.74, 6) is 0. The second-order valence-electron chi connectivity index (χ2n) is 9.34. The first-order valence-electron chi connectivity index (χ1n) is 11.9. The van der Waals surface area contributed by atoms with Crippen molar-refractivity contribution in [3.8, 4) is 11.1 Å². The van der Waals surface area contributed by atoms with Gasteiger partial charge in [0.15, 0.2) is 0 Å². The summed E-state index contributed by atoms with van der Waals surface area (Å²) in [4.78, 5) is 0. The summed E-state index contributed by atoms with van der Waals surface area (Å²) in [7, 11) is 0. The Labute approximate surface area is 190 Å². The van der Waals surface area contributed by atoms with Crippen LogP contribution in [0.25, 0.3) is 49.5 Å². The van der Waals surface area contributed by atoms with Gasteiger partial charge in [-0.05, 0) is 78.2 Å². The minimum atomic E-state index is -0.0648. The van der Waals surface area contributed by atoms with Gasteiger partial charge in [-0.2, -0.15) is 0 Å². The highest BCUT2D eigenvalue weighted by atomic mass is 14.4. The number of benzene rings is 5. The summed E-state index contributed by atoms with van der Waals surface area (Å²) >= 11 is 0. The number of hydrogen-bond acceptors (Lipinski definition) is 0. The quantitative estimate of drug-likeness (QED) is 0.223. The molecule has 0 amide bonds. The van der Waals surface area contributed by atoms with Crippen molar-refractivity contribution in [2.45, 2.75) is 39.5 Å². The summed E-state index contributed by atoms with van der Waals surface area (Å²) in [5.41, 5.74) is 8.52. The molecular weight excluding hydrogens is 384 g/mol. The van der Waals surface area contributed by atoms with Gasteiger partial charge in [-0.1, -0.05) is 107 Å². The highest BCUT2D eigenvalue weighted by molar-refractivity contribution is 6.17. The van der Waals surface area contributed by atoms with Crippen LogP contribution in [0, 0.1) is 0 Å². The molecule has 7 rings (SSSR count). The topological polar surface area (TPSA) is 0 Å². The minimum Gasteiger partial charge on any atom is -0.0795 e. The maximum Gasteiger partial charge on any atom is 0.0165 e. The Hall–Kier alpha value is -3.38. The number of rotatable bonds is 0. The van der Waals surface area contributed by atoms with E-state index in [0.29, 0.717) is 0 Å². The van der Waals surface area contributed by atoms with Gasteiger partial charge in [0.1, 0.15) is 0 Å². The van der Waals surface area contributed by atoms with Gasteiger partial charge in [-0.25, -0.2) is 0 Å². The third-order valence-electron chi connectivity index (χ3n) is 7.37. The maximum absolute atomic E-state index is 2.51. The van der Waals surface area contributed by atoms with Crippen molar-refractivity contribution in [2.24, 2.45) is 0 Å². The summed E-state index contributed by atoms with van der Waals surface area (Å²) in [6.45, 7) is 8.84.